The second-order valence-corrected chi connectivity index (χ2v) is 5.50. The zero-order valence-corrected chi connectivity index (χ0v) is 12.3. The highest BCUT2D eigenvalue weighted by molar-refractivity contribution is 9.10. The molecule has 0 saturated heterocycles. The van der Waals surface area contributed by atoms with Gasteiger partial charge >= 0.3 is 0 Å². The molecule has 0 N–H and O–H groups in total. The molecule has 1 aliphatic heterocycles. The minimum atomic E-state index is -2.46. The van der Waals surface area contributed by atoms with Gasteiger partial charge in [0.1, 0.15) is 12.4 Å². The van der Waals surface area contributed by atoms with E-state index in [1.165, 1.54) is 0 Å². The summed E-state index contributed by atoms with van der Waals surface area (Å²) in [5.41, 5.74) is 2.08. The van der Waals surface area contributed by atoms with Gasteiger partial charge in [0.2, 0.25) is 0 Å². The Hall–Kier alpha value is -0.940. The largest absolute Gasteiger partial charge is 0.487 e. The summed E-state index contributed by atoms with van der Waals surface area (Å²) in [4.78, 5) is 2.21. The topological polar surface area (TPSA) is 12.5 Å². The smallest absolute Gasteiger partial charge is 0.272 e. The predicted molar refractivity (Wildman–Crippen MR) is 75.7 cm³/mol. The predicted octanol–water partition coefficient (Wildman–Crippen LogP) is 3.81. The van der Waals surface area contributed by atoms with Gasteiger partial charge in [0.25, 0.3) is 6.43 Å². The number of ether oxygens (including phenoxy) is 1. The van der Waals surface area contributed by atoms with Crippen LogP contribution in [-0.2, 0) is 0 Å². The highest BCUT2D eigenvalue weighted by Crippen LogP contribution is 2.32. The van der Waals surface area contributed by atoms with Crippen LogP contribution in [0.3, 0.4) is 0 Å². The Morgan fingerprint density at radius 3 is 2.84 bits per heavy atom. The number of alkyl halides is 2. The second kappa shape index (κ2) is 6.48. The van der Waals surface area contributed by atoms with Crippen LogP contribution in [-0.4, -0.2) is 38.1 Å². The summed E-state index contributed by atoms with van der Waals surface area (Å²) in [5, 5.41) is 0. The van der Waals surface area contributed by atoms with E-state index in [-0.39, 0.29) is 0 Å². The van der Waals surface area contributed by atoms with Crippen LogP contribution in [0.15, 0.2) is 28.7 Å². The molecule has 0 amide bonds. The molecule has 0 atom stereocenters. The van der Waals surface area contributed by atoms with Crippen molar-refractivity contribution in [2.75, 3.05) is 26.7 Å². The lowest BCUT2D eigenvalue weighted by Gasteiger charge is -2.23. The molecule has 0 spiro atoms. The molecular weight excluding hydrogens is 316 g/mol. The minimum absolute atomic E-state index is 0.519. The molecule has 104 valence electrons. The van der Waals surface area contributed by atoms with Crippen molar-refractivity contribution in [3.63, 3.8) is 0 Å². The van der Waals surface area contributed by atoms with Crippen LogP contribution >= 0.6 is 15.9 Å². The van der Waals surface area contributed by atoms with Crippen molar-refractivity contribution in [2.45, 2.75) is 12.8 Å². The standard InChI is InChI=1S/C14H16BrF2NO/c1-18-6-4-10(5-7-18)12-3-2-11(15)8-13(12)19-9-14(16)17/h2-4,8,14H,5-7,9H2,1H3. The van der Waals surface area contributed by atoms with E-state index in [9.17, 15) is 8.78 Å². The monoisotopic (exact) mass is 331 g/mol. The lowest BCUT2D eigenvalue weighted by molar-refractivity contribution is 0.0817. The van der Waals surface area contributed by atoms with Crippen molar-refractivity contribution in [3.05, 3.63) is 34.3 Å². The van der Waals surface area contributed by atoms with Gasteiger partial charge < -0.3 is 9.64 Å². The summed E-state index contributed by atoms with van der Waals surface area (Å²) in [7, 11) is 2.06. The number of halogens is 3. The van der Waals surface area contributed by atoms with E-state index in [4.69, 9.17) is 4.74 Å². The Morgan fingerprint density at radius 1 is 1.42 bits per heavy atom. The maximum absolute atomic E-state index is 12.3. The zero-order chi connectivity index (χ0) is 13.8. The van der Waals surface area contributed by atoms with Crippen molar-refractivity contribution in [2.24, 2.45) is 0 Å². The molecule has 0 aromatic heterocycles. The number of nitrogens with zero attached hydrogens (tertiary/aromatic N) is 1. The van der Waals surface area contributed by atoms with Gasteiger partial charge in [-0.3, -0.25) is 0 Å². The van der Waals surface area contributed by atoms with Crippen LogP contribution in [0.2, 0.25) is 0 Å². The van der Waals surface area contributed by atoms with Gasteiger partial charge in [0.05, 0.1) is 0 Å². The van der Waals surface area contributed by atoms with E-state index in [0.717, 1.165) is 35.1 Å². The molecule has 1 heterocycles. The van der Waals surface area contributed by atoms with Crippen LogP contribution in [0.5, 0.6) is 5.75 Å². The number of likely N-dealkylation sites (N-methyl/N-ethyl adjacent to an activating group) is 1. The number of hydrogen-bond donors (Lipinski definition) is 0. The van der Waals surface area contributed by atoms with Gasteiger partial charge in [-0.2, -0.15) is 0 Å². The van der Waals surface area contributed by atoms with Crippen molar-refractivity contribution in [3.8, 4) is 5.75 Å². The molecule has 0 radical (unpaired) electrons. The molecule has 1 aromatic carbocycles. The maximum Gasteiger partial charge on any atom is 0.272 e. The van der Waals surface area contributed by atoms with Crippen molar-refractivity contribution >= 4 is 21.5 Å². The third-order valence-corrected chi connectivity index (χ3v) is 3.56. The molecule has 0 fully saturated rings. The fraction of sp³-hybridized carbons (Fsp3) is 0.429. The Morgan fingerprint density at radius 2 is 2.21 bits per heavy atom. The summed E-state index contributed by atoms with van der Waals surface area (Å²) >= 11 is 3.34. The third kappa shape index (κ3) is 4.01. The summed E-state index contributed by atoms with van der Waals surface area (Å²) in [6.07, 6.45) is 0.573. The van der Waals surface area contributed by atoms with Crippen LogP contribution < -0.4 is 4.74 Å². The fourth-order valence-electron chi connectivity index (χ4n) is 2.05. The van der Waals surface area contributed by atoms with Crippen LogP contribution in [0.4, 0.5) is 8.78 Å². The van der Waals surface area contributed by atoms with E-state index < -0.39 is 13.0 Å². The lowest BCUT2D eigenvalue weighted by Crippen LogP contribution is -2.23. The molecule has 1 aliphatic rings. The Kier molecular flexibility index (Phi) is 4.93. The zero-order valence-electron chi connectivity index (χ0n) is 10.7. The van der Waals surface area contributed by atoms with Gasteiger partial charge in [-0.05, 0) is 37.2 Å². The Bertz CT molecular complexity index is 477. The van der Waals surface area contributed by atoms with Crippen LogP contribution in [0.25, 0.3) is 5.57 Å². The SMILES string of the molecule is CN1CC=C(c2ccc(Br)cc2OCC(F)F)CC1. The fourth-order valence-corrected chi connectivity index (χ4v) is 2.39. The number of benzene rings is 1. The first-order valence-corrected chi connectivity index (χ1v) is 6.94. The minimum Gasteiger partial charge on any atom is -0.487 e. The molecule has 0 saturated carbocycles. The third-order valence-electron chi connectivity index (χ3n) is 3.07. The maximum atomic E-state index is 12.3. The van der Waals surface area contributed by atoms with E-state index in [0.29, 0.717) is 5.75 Å². The Balaban J connectivity index is 2.23. The quantitative estimate of drug-likeness (QED) is 0.831. The molecular formula is C14H16BrF2NO. The molecule has 1 aromatic rings. The van der Waals surface area contributed by atoms with Crippen molar-refractivity contribution in [1.29, 1.82) is 0 Å². The summed E-state index contributed by atoms with van der Waals surface area (Å²) < 4.78 is 30.6. The van der Waals surface area contributed by atoms with Gasteiger partial charge in [0, 0.05) is 23.1 Å². The molecule has 5 heteroatoms. The normalized spacial score (nSPS) is 16.6. The second-order valence-electron chi connectivity index (χ2n) is 4.58. The lowest BCUT2D eigenvalue weighted by atomic mass is 9.99. The summed E-state index contributed by atoms with van der Waals surface area (Å²) in [5.74, 6) is 0.519. The molecule has 0 unspecified atom stereocenters. The molecule has 2 rings (SSSR count). The van der Waals surface area contributed by atoms with Gasteiger partial charge in [-0.1, -0.05) is 22.0 Å². The highest BCUT2D eigenvalue weighted by atomic mass is 79.9. The first-order chi connectivity index (χ1) is 9.06. The Labute approximate surface area is 120 Å². The summed E-state index contributed by atoms with van der Waals surface area (Å²) in [6, 6.07) is 5.57. The molecule has 0 aliphatic carbocycles. The van der Waals surface area contributed by atoms with Gasteiger partial charge in [0.15, 0.2) is 0 Å². The first kappa shape index (κ1) is 14.5. The molecule has 0 bridgehead atoms. The van der Waals surface area contributed by atoms with Crippen LogP contribution in [0, 0.1) is 0 Å². The number of rotatable bonds is 4. The highest BCUT2D eigenvalue weighted by Gasteiger charge is 2.15. The molecule has 19 heavy (non-hydrogen) atoms. The average Bonchev–Trinajstić information content (AvgIpc) is 2.38. The average molecular weight is 332 g/mol. The van der Waals surface area contributed by atoms with E-state index in [1.807, 2.05) is 12.1 Å². The van der Waals surface area contributed by atoms with E-state index in [1.54, 1.807) is 6.07 Å². The van der Waals surface area contributed by atoms with Gasteiger partial charge in [-0.25, -0.2) is 8.78 Å². The van der Waals surface area contributed by atoms with Crippen molar-refractivity contribution in [1.82, 2.24) is 4.90 Å². The summed E-state index contributed by atoms with van der Waals surface area (Å²) in [6.45, 7) is 1.27. The van der Waals surface area contributed by atoms with E-state index in [2.05, 4.69) is 34.0 Å². The van der Waals surface area contributed by atoms with E-state index >= 15 is 0 Å². The van der Waals surface area contributed by atoms with Crippen LogP contribution in [0.1, 0.15) is 12.0 Å². The van der Waals surface area contributed by atoms with Crippen molar-refractivity contribution < 1.29 is 13.5 Å². The van der Waals surface area contributed by atoms with Gasteiger partial charge in [-0.15, -0.1) is 0 Å². The molecule has 2 nitrogen and oxygen atoms in total. The first-order valence-electron chi connectivity index (χ1n) is 6.14. The number of hydrogen-bond acceptors (Lipinski definition) is 2.